The summed E-state index contributed by atoms with van der Waals surface area (Å²) in [5.74, 6) is -2.05. The summed E-state index contributed by atoms with van der Waals surface area (Å²) in [4.78, 5) is 12.0. The van der Waals surface area contributed by atoms with Gasteiger partial charge in [-0.25, -0.2) is 8.78 Å². The van der Waals surface area contributed by atoms with Crippen LogP contribution in [0.3, 0.4) is 0 Å². The fourth-order valence-electron chi connectivity index (χ4n) is 2.34. The zero-order chi connectivity index (χ0) is 15.5. The summed E-state index contributed by atoms with van der Waals surface area (Å²) in [6.07, 6.45) is 2.95. The number of benzene rings is 3. The zero-order valence-electron chi connectivity index (χ0n) is 11.6. The van der Waals surface area contributed by atoms with E-state index in [1.54, 1.807) is 6.08 Å². The maximum absolute atomic E-state index is 13.6. The first kappa shape index (κ1) is 14.1. The predicted molar refractivity (Wildman–Crippen MR) is 83.7 cm³/mol. The van der Waals surface area contributed by atoms with Crippen LogP contribution in [0.25, 0.3) is 16.8 Å². The highest BCUT2D eigenvalue weighted by molar-refractivity contribution is 6.08. The molecule has 0 aliphatic heterocycles. The largest absolute Gasteiger partial charge is 0.289 e. The fourth-order valence-corrected chi connectivity index (χ4v) is 2.34. The van der Waals surface area contributed by atoms with Crippen LogP contribution >= 0.6 is 0 Å². The lowest BCUT2D eigenvalue weighted by atomic mass is 10.0. The Morgan fingerprint density at radius 2 is 1.68 bits per heavy atom. The average molecular weight is 294 g/mol. The number of carbonyl (C=O) groups is 1. The van der Waals surface area contributed by atoms with Gasteiger partial charge in [-0.2, -0.15) is 0 Å². The van der Waals surface area contributed by atoms with Crippen molar-refractivity contribution in [1.29, 1.82) is 0 Å². The van der Waals surface area contributed by atoms with Gasteiger partial charge in [0.25, 0.3) is 0 Å². The highest BCUT2D eigenvalue weighted by Crippen LogP contribution is 2.20. The number of rotatable bonds is 3. The molecular formula is C19H12F2O. The molecule has 3 rings (SSSR count). The highest BCUT2D eigenvalue weighted by atomic mass is 19.1. The summed E-state index contributed by atoms with van der Waals surface area (Å²) in [5.41, 5.74) is 0.729. The summed E-state index contributed by atoms with van der Waals surface area (Å²) >= 11 is 0. The lowest BCUT2D eigenvalue weighted by Gasteiger charge is -2.02. The quantitative estimate of drug-likeness (QED) is 0.490. The van der Waals surface area contributed by atoms with E-state index in [1.807, 2.05) is 42.5 Å². The molecule has 0 saturated carbocycles. The van der Waals surface area contributed by atoms with Crippen molar-refractivity contribution < 1.29 is 13.6 Å². The van der Waals surface area contributed by atoms with E-state index in [-0.39, 0.29) is 5.56 Å². The van der Waals surface area contributed by atoms with Gasteiger partial charge in [-0.3, -0.25) is 4.79 Å². The molecule has 0 aromatic heterocycles. The Balaban J connectivity index is 1.94. The molecule has 0 heterocycles. The third kappa shape index (κ3) is 2.79. The van der Waals surface area contributed by atoms with Gasteiger partial charge >= 0.3 is 0 Å². The van der Waals surface area contributed by atoms with E-state index in [4.69, 9.17) is 0 Å². The second kappa shape index (κ2) is 5.90. The van der Waals surface area contributed by atoms with Crippen molar-refractivity contribution in [1.82, 2.24) is 0 Å². The van der Waals surface area contributed by atoms with Crippen molar-refractivity contribution in [2.45, 2.75) is 0 Å². The molecule has 0 atom stereocenters. The molecule has 0 spiro atoms. The third-order valence-electron chi connectivity index (χ3n) is 3.43. The summed E-state index contributed by atoms with van der Waals surface area (Å²) in [6, 6.07) is 16.5. The summed E-state index contributed by atoms with van der Waals surface area (Å²) in [5, 5.41) is 2.07. The molecule has 0 unspecified atom stereocenters. The monoisotopic (exact) mass is 294 g/mol. The summed E-state index contributed by atoms with van der Waals surface area (Å²) < 4.78 is 26.5. The maximum Gasteiger partial charge on any atom is 0.188 e. The molecule has 0 bridgehead atoms. The van der Waals surface area contributed by atoms with Crippen molar-refractivity contribution in [3.8, 4) is 0 Å². The van der Waals surface area contributed by atoms with Gasteiger partial charge in [-0.1, -0.05) is 48.5 Å². The van der Waals surface area contributed by atoms with Crippen molar-refractivity contribution in [3.05, 3.63) is 89.5 Å². The number of carbonyl (C=O) groups excluding carboxylic acids is 1. The normalized spacial score (nSPS) is 11.2. The van der Waals surface area contributed by atoms with Crippen LogP contribution in [0.4, 0.5) is 8.78 Å². The zero-order valence-corrected chi connectivity index (χ0v) is 11.6. The van der Waals surface area contributed by atoms with Crippen molar-refractivity contribution in [2.24, 2.45) is 0 Å². The molecule has 0 aliphatic rings. The van der Waals surface area contributed by atoms with E-state index in [0.29, 0.717) is 6.07 Å². The molecule has 3 aromatic carbocycles. The summed E-state index contributed by atoms with van der Waals surface area (Å²) in [6.45, 7) is 0. The van der Waals surface area contributed by atoms with Gasteiger partial charge in [0.1, 0.15) is 11.6 Å². The Morgan fingerprint density at radius 1 is 0.909 bits per heavy atom. The van der Waals surface area contributed by atoms with Crippen molar-refractivity contribution in [3.63, 3.8) is 0 Å². The average Bonchev–Trinajstić information content (AvgIpc) is 2.52. The minimum Gasteiger partial charge on any atom is -0.289 e. The van der Waals surface area contributed by atoms with Gasteiger partial charge in [0.05, 0.1) is 5.56 Å². The van der Waals surface area contributed by atoms with Gasteiger partial charge in [-0.05, 0) is 34.5 Å². The molecule has 1 nitrogen and oxygen atoms in total. The predicted octanol–water partition coefficient (Wildman–Crippen LogP) is 5.01. The van der Waals surface area contributed by atoms with Crippen LogP contribution in [0.1, 0.15) is 15.9 Å². The summed E-state index contributed by atoms with van der Waals surface area (Å²) in [7, 11) is 0. The second-order valence-electron chi connectivity index (χ2n) is 4.89. The van der Waals surface area contributed by atoms with Crippen LogP contribution in [0, 0.1) is 11.6 Å². The fraction of sp³-hybridized carbons (Fsp3) is 0. The number of ketones is 1. The minimum atomic E-state index is -0.854. The molecule has 3 heteroatoms. The molecule has 3 aromatic rings. The second-order valence-corrected chi connectivity index (χ2v) is 4.89. The van der Waals surface area contributed by atoms with Gasteiger partial charge in [0.15, 0.2) is 5.78 Å². The number of fused-ring (bicyclic) bond motifs is 1. The van der Waals surface area contributed by atoms with E-state index in [2.05, 4.69) is 0 Å². The van der Waals surface area contributed by atoms with Crippen LogP contribution in [-0.4, -0.2) is 5.78 Å². The topological polar surface area (TPSA) is 17.1 Å². The standard InChI is InChI=1S/C19H12F2O/c20-15-9-10-17(18(21)12-15)19(22)11-8-14-6-3-5-13-4-1-2-7-16(13)14/h1-12H/b11-8+. The molecule has 0 radical (unpaired) electrons. The van der Waals surface area contributed by atoms with Gasteiger partial charge < -0.3 is 0 Å². The first-order valence-corrected chi connectivity index (χ1v) is 6.80. The molecular weight excluding hydrogens is 282 g/mol. The van der Waals surface area contributed by atoms with Crippen LogP contribution in [0.5, 0.6) is 0 Å². The maximum atomic E-state index is 13.6. The SMILES string of the molecule is O=C(/C=C/c1cccc2ccccc12)c1ccc(F)cc1F. The molecule has 22 heavy (non-hydrogen) atoms. The first-order chi connectivity index (χ1) is 10.6. The molecule has 0 N–H and O–H groups in total. The molecule has 0 fully saturated rings. The Hall–Kier alpha value is -2.81. The third-order valence-corrected chi connectivity index (χ3v) is 3.43. The lowest BCUT2D eigenvalue weighted by molar-refractivity contribution is 0.104. The van der Waals surface area contributed by atoms with Crippen LogP contribution in [0.15, 0.2) is 66.7 Å². The van der Waals surface area contributed by atoms with Gasteiger partial charge in [0.2, 0.25) is 0 Å². The van der Waals surface area contributed by atoms with E-state index < -0.39 is 17.4 Å². The number of halogens is 2. The van der Waals surface area contributed by atoms with Gasteiger partial charge in [0, 0.05) is 6.07 Å². The Morgan fingerprint density at radius 3 is 2.50 bits per heavy atom. The van der Waals surface area contributed by atoms with E-state index in [9.17, 15) is 13.6 Å². The smallest absolute Gasteiger partial charge is 0.188 e. The Bertz CT molecular complexity index is 876. The lowest BCUT2D eigenvalue weighted by Crippen LogP contribution is -1.99. The molecule has 0 amide bonds. The minimum absolute atomic E-state index is 0.141. The molecule has 0 saturated heterocycles. The number of allylic oxidation sites excluding steroid dienone is 1. The molecule has 108 valence electrons. The van der Waals surface area contributed by atoms with Crippen molar-refractivity contribution >= 4 is 22.6 Å². The molecule has 0 aliphatic carbocycles. The highest BCUT2D eigenvalue weighted by Gasteiger charge is 2.09. The number of hydrogen-bond donors (Lipinski definition) is 0. The van der Waals surface area contributed by atoms with E-state index in [0.717, 1.165) is 28.5 Å². The van der Waals surface area contributed by atoms with Crippen LogP contribution < -0.4 is 0 Å². The van der Waals surface area contributed by atoms with E-state index in [1.165, 1.54) is 6.08 Å². The van der Waals surface area contributed by atoms with Crippen LogP contribution in [0.2, 0.25) is 0 Å². The van der Waals surface area contributed by atoms with Gasteiger partial charge in [-0.15, -0.1) is 0 Å². The van der Waals surface area contributed by atoms with Crippen LogP contribution in [-0.2, 0) is 0 Å². The van der Waals surface area contributed by atoms with E-state index >= 15 is 0 Å². The van der Waals surface area contributed by atoms with Crippen molar-refractivity contribution in [2.75, 3.05) is 0 Å². The Labute approximate surface area is 126 Å². The number of hydrogen-bond acceptors (Lipinski definition) is 1. The first-order valence-electron chi connectivity index (χ1n) is 6.80. The Kier molecular flexibility index (Phi) is 3.79.